The number of ketones is 1. The van der Waals surface area contributed by atoms with Gasteiger partial charge in [-0.3, -0.25) is 4.79 Å². The zero-order chi connectivity index (χ0) is 13.9. The Labute approximate surface area is 113 Å². The number of hydrogen-bond donors (Lipinski definition) is 1. The van der Waals surface area contributed by atoms with Gasteiger partial charge in [0.1, 0.15) is 0 Å². The van der Waals surface area contributed by atoms with E-state index in [4.69, 9.17) is 0 Å². The van der Waals surface area contributed by atoms with Crippen LogP contribution >= 0.6 is 0 Å². The molecule has 1 aliphatic rings. The SMILES string of the molecule is Cc1ccc(S(=O)(=O)NCC2=CCCCC2=O)cc1. The van der Waals surface area contributed by atoms with E-state index in [2.05, 4.69) is 4.72 Å². The second kappa shape index (κ2) is 5.67. The molecule has 0 radical (unpaired) electrons. The topological polar surface area (TPSA) is 63.2 Å². The van der Waals surface area contributed by atoms with E-state index in [0.717, 1.165) is 18.4 Å². The number of Topliss-reactive ketones (excluding diaryl/α,β-unsaturated/α-hetero) is 1. The molecular weight excluding hydrogens is 262 g/mol. The highest BCUT2D eigenvalue weighted by Gasteiger charge is 2.18. The first-order chi connectivity index (χ1) is 8.99. The maximum Gasteiger partial charge on any atom is 0.240 e. The van der Waals surface area contributed by atoms with Gasteiger partial charge < -0.3 is 0 Å². The van der Waals surface area contributed by atoms with Crippen molar-refractivity contribution in [2.24, 2.45) is 0 Å². The van der Waals surface area contributed by atoms with Crippen molar-refractivity contribution in [3.8, 4) is 0 Å². The van der Waals surface area contributed by atoms with Crippen molar-refractivity contribution in [2.45, 2.75) is 31.1 Å². The fraction of sp³-hybridized carbons (Fsp3) is 0.357. The average molecular weight is 279 g/mol. The van der Waals surface area contributed by atoms with Crippen LogP contribution in [-0.4, -0.2) is 20.7 Å². The highest BCUT2D eigenvalue weighted by Crippen LogP contribution is 2.15. The third kappa shape index (κ3) is 3.52. The van der Waals surface area contributed by atoms with Gasteiger partial charge in [0.05, 0.1) is 4.90 Å². The molecular formula is C14H17NO3S. The molecule has 0 aliphatic heterocycles. The van der Waals surface area contributed by atoms with Crippen molar-refractivity contribution in [3.63, 3.8) is 0 Å². The van der Waals surface area contributed by atoms with Crippen LogP contribution in [-0.2, 0) is 14.8 Å². The van der Waals surface area contributed by atoms with Gasteiger partial charge in [0.25, 0.3) is 0 Å². The van der Waals surface area contributed by atoms with Gasteiger partial charge in [0.15, 0.2) is 5.78 Å². The monoisotopic (exact) mass is 279 g/mol. The summed E-state index contributed by atoms with van der Waals surface area (Å²) in [7, 11) is -3.54. The number of nitrogens with one attached hydrogen (secondary N) is 1. The van der Waals surface area contributed by atoms with E-state index in [1.54, 1.807) is 24.3 Å². The first kappa shape index (κ1) is 14.0. The smallest absolute Gasteiger partial charge is 0.240 e. The van der Waals surface area contributed by atoms with Crippen molar-refractivity contribution in [1.82, 2.24) is 4.72 Å². The number of benzene rings is 1. The number of carbonyl (C=O) groups excluding carboxylic acids is 1. The van der Waals surface area contributed by atoms with Crippen molar-refractivity contribution in [1.29, 1.82) is 0 Å². The van der Waals surface area contributed by atoms with Crippen LogP contribution in [0.3, 0.4) is 0 Å². The molecule has 0 bridgehead atoms. The fourth-order valence-corrected chi connectivity index (χ4v) is 2.96. The van der Waals surface area contributed by atoms with E-state index in [1.165, 1.54) is 0 Å². The molecule has 0 heterocycles. The second-order valence-corrected chi connectivity index (χ2v) is 6.45. The molecule has 0 aromatic heterocycles. The summed E-state index contributed by atoms with van der Waals surface area (Å²) in [4.78, 5) is 11.8. The number of carbonyl (C=O) groups is 1. The second-order valence-electron chi connectivity index (χ2n) is 4.68. The van der Waals surface area contributed by atoms with Gasteiger partial charge in [-0.25, -0.2) is 13.1 Å². The van der Waals surface area contributed by atoms with Crippen LogP contribution in [0.1, 0.15) is 24.8 Å². The average Bonchev–Trinajstić information content (AvgIpc) is 2.38. The molecule has 0 saturated carbocycles. The summed E-state index contributed by atoms with van der Waals surface area (Å²) in [5.41, 5.74) is 1.58. The first-order valence-electron chi connectivity index (χ1n) is 6.27. The predicted octanol–water partition coefficient (Wildman–Crippen LogP) is 1.95. The third-order valence-electron chi connectivity index (χ3n) is 3.14. The lowest BCUT2D eigenvalue weighted by Crippen LogP contribution is -2.28. The summed E-state index contributed by atoms with van der Waals surface area (Å²) >= 11 is 0. The molecule has 1 aliphatic carbocycles. The van der Waals surface area contributed by atoms with Gasteiger partial charge in [-0.15, -0.1) is 0 Å². The van der Waals surface area contributed by atoms with E-state index < -0.39 is 10.0 Å². The quantitative estimate of drug-likeness (QED) is 0.916. The van der Waals surface area contributed by atoms with Gasteiger partial charge in [0, 0.05) is 18.5 Å². The zero-order valence-corrected chi connectivity index (χ0v) is 11.7. The van der Waals surface area contributed by atoms with Crippen LogP contribution in [0.4, 0.5) is 0 Å². The summed E-state index contributed by atoms with van der Waals surface area (Å²) in [6, 6.07) is 6.63. The largest absolute Gasteiger partial charge is 0.295 e. The summed E-state index contributed by atoms with van der Waals surface area (Å²) in [5.74, 6) is 0.0397. The summed E-state index contributed by atoms with van der Waals surface area (Å²) in [6.07, 6.45) is 4.03. The third-order valence-corrected chi connectivity index (χ3v) is 4.56. The Bertz CT molecular complexity index is 600. The number of hydrogen-bond acceptors (Lipinski definition) is 3. The van der Waals surface area contributed by atoms with Crippen molar-refractivity contribution in [3.05, 3.63) is 41.5 Å². The molecule has 0 saturated heterocycles. The fourth-order valence-electron chi connectivity index (χ4n) is 1.96. The molecule has 0 amide bonds. The molecule has 102 valence electrons. The van der Waals surface area contributed by atoms with E-state index in [-0.39, 0.29) is 17.2 Å². The van der Waals surface area contributed by atoms with Crippen LogP contribution < -0.4 is 4.72 Å². The Morgan fingerprint density at radius 2 is 1.89 bits per heavy atom. The maximum atomic E-state index is 12.0. The standard InChI is InChI=1S/C14H17NO3S/c1-11-6-8-13(9-7-11)19(17,18)15-10-12-4-2-3-5-14(12)16/h4,6-9,15H,2-3,5,10H2,1H3. The van der Waals surface area contributed by atoms with Gasteiger partial charge in [-0.05, 0) is 31.9 Å². The van der Waals surface area contributed by atoms with E-state index >= 15 is 0 Å². The first-order valence-corrected chi connectivity index (χ1v) is 7.76. The Hall–Kier alpha value is -1.46. The van der Waals surface area contributed by atoms with Gasteiger partial charge in [0.2, 0.25) is 10.0 Å². The van der Waals surface area contributed by atoms with E-state index in [1.807, 2.05) is 13.0 Å². The van der Waals surface area contributed by atoms with Crippen LogP contribution in [0.25, 0.3) is 0 Å². The Balaban J connectivity index is 2.08. The number of allylic oxidation sites excluding steroid dienone is 1. The molecule has 19 heavy (non-hydrogen) atoms. The zero-order valence-electron chi connectivity index (χ0n) is 10.8. The molecule has 0 spiro atoms. The number of sulfonamides is 1. The Morgan fingerprint density at radius 1 is 1.21 bits per heavy atom. The Morgan fingerprint density at radius 3 is 2.53 bits per heavy atom. The summed E-state index contributed by atoms with van der Waals surface area (Å²) < 4.78 is 26.6. The molecule has 0 fully saturated rings. The highest BCUT2D eigenvalue weighted by molar-refractivity contribution is 7.89. The normalized spacial score (nSPS) is 16.3. The lowest BCUT2D eigenvalue weighted by atomic mass is 9.98. The number of rotatable bonds is 4. The van der Waals surface area contributed by atoms with Crippen LogP contribution in [0, 0.1) is 6.92 Å². The predicted molar refractivity (Wildman–Crippen MR) is 73.3 cm³/mol. The van der Waals surface area contributed by atoms with Crippen molar-refractivity contribution >= 4 is 15.8 Å². The van der Waals surface area contributed by atoms with Crippen LogP contribution in [0.5, 0.6) is 0 Å². The van der Waals surface area contributed by atoms with Gasteiger partial charge >= 0.3 is 0 Å². The molecule has 5 heteroatoms. The van der Waals surface area contributed by atoms with Crippen molar-refractivity contribution < 1.29 is 13.2 Å². The number of aryl methyl sites for hydroxylation is 1. The molecule has 1 N–H and O–H groups in total. The molecule has 4 nitrogen and oxygen atoms in total. The van der Waals surface area contributed by atoms with Gasteiger partial charge in [-0.2, -0.15) is 0 Å². The van der Waals surface area contributed by atoms with E-state index in [9.17, 15) is 13.2 Å². The van der Waals surface area contributed by atoms with E-state index in [0.29, 0.717) is 12.0 Å². The van der Waals surface area contributed by atoms with Crippen molar-refractivity contribution in [2.75, 3.05) is 6.54 Å². The van der Waals surface area contributed by atoms with Crippen LogP contribution in [0.15, 0.2) is 40.8 Å². The molecule has 1 aromatic rings. The molecule has 1 aromatic carbocycles. The minimum absolute atomic E-state index is 0.0397. The molecule has 2 rings (SSSR count). The lowest BCUT2D eigenvalue weighted by molar-refractivity contribution is -0.116. The minimum atomic E-state index is -3.54. The van der Waals surface area contributed by atoms with Crippen LogP contribution in [0.2, 0.25) is 0 Å². The van der Waals surface area contributed by atoms with Gasteiger partial charge in [-0.1, -0.05) is 23.8 Å². The maximum absolute atomic E-state index is 12.0. The highest BCUT2D eigenvalue weighted by atomic mass is 32.2. The lowest BCUT2D eigenvalue weighted by Gasteiger charge is -2.12. The Kier molecular flexibility index (Phi) is 4.17. The molecule has 0 unspecified atom stereocenters. The molecule has 0 atom stereocenters. The minimum Gasteiger partial charge on any atom is -0.295 e. The summed E-state index contributed by atoms with van der Waals surface area (Å²) in [6.45, 7) is 1.98. The summed E-state index contributed by atoms with van der Waals surface area (Å²) in [5, 5.41) is 0.